The quantitative estimate of drug-likeness (QED) is 0.243. The molecule has 0 radical (unpaired) electrons. The number of carbonyl (C=O) groups excluding carboxylic acids is 2. The molecule has 0 aromatic heterocycles. The fourth-order valence-corrected chi connectivity index (χ4v) is 3.82. The molecular formula is C26H23Cl3FN3O3. The minimum Gasteiger partial charge on any atom is -0.488 e. The molecule has 0 saturated carbocycles. The first-order valence-corrected chi connectivity index (χ1v) is 12.0. The van der Waals surface area contributed by atoms with E-state index in [-0.39, 0.29) is 18.1 Å². The molecule has 3 aromatic rings. The second-order valence-corrected chi connectivity index (χ2v) is 9.40. The Kier molecular flexibility index (Phi) is 9.70. The monoisotopic (exact) mass is 549 g/mol. The zero-order valence-corrected chi connectivity index (χ0v) is 21.7. The number of nitrogens with zero attached hydrogens (tertiary/aromatic N) is 1. The van der Waals surface area contributed by atoms with Gasteiger partial charge in [0.1, 0.15) is 24.2 Å². The molecule has 0 aliphatic carbocycles. The van der Waals surface area contributed by atoms with Gasteiger partial charge in [-0.3, -0.25) is 9.59 Å². The topological polar surface area (TPSA) is 79.8 Å². The van der Waals surface area contributed by atoms with E-state index in [2.05, 4.69) is 15.8 Å². The first-order valence-electron chi connectivity index (χ1n) is 10.9. The smallest absolute Gasteiger partial charge is 0.262 e. The van der Waals surface area contributed by atoms with Crippen LogP contribution >= 0.6 is 34.8 Å². The molecule has 0 fully saturated rings. The number of halogens is 4. The second kappa shape index (κ2) is 12.7. The summed E-state index contributed by atoms with van der Waals surface area (Å²) in [5.41, 5.74) is 3.49. The highest BCUT2D eigenvalue weighted by atomic mass is 35.5. The van der Waals surface area contributed by atoms with E-state index in [1.165, 1.54) is 30.5 Å². The van der Waals surface area contributed by atoms with Gasteiger partial charge >= 0.3 is 0 Å². The molecule has 0 saturated heterocycles. The van der Waals surface area contributed by atoms with Crippen LogP contribution in [0.15, 0.2) is 65.8 Å². The molecule has 1 unspecified atom stereocenters. The minimum absolute atomic E-state index is 0.152. The van der Waals surface area contributed by atoms with Crippen molar-refractivity contribution >= 4 is 52.8 Å². The van der Waals surface area contributed by atoms with Crippen molar-refractivity contribution in [3.8, 4) is 5.75 Å². The van der Waals surface area contributed by atoms with Crippen molar-refractivity contribution in [3.05, 3.63) is 98.2 Å². The number of amides is 2. The highest BCUT2D eigenvalue weighted by Gasteiger charge is 2.25. The van der Waals surface area contributed by atoms with E-state index in [4.69, 9.17) is 39.5 Å². The van der Waals surface area contributed by atoms with Crippen LogP contribution in [0.3, 0.4) is 0 Å². The molecule has 0 bridgehead atoms. The van der Waals surface area contributed by atoms with Gasteiger partial charge in [-0.05, 0) is 48.4 Å². The number of hydrogen-bond acceptors (Lipinski definition) is 4. The lowest BCUT2D eigenvalue weighted by Crippen LogP contribution is -2.48. The Labute approximate surface area is 223 Å². The molecule has 6 nitrogen and oxygen atoms in total. The highest BCUT2D eigenvalue weighted by molar-refractivity contribution is 6.35. The number of benzene rings is 3. The van der Waals surface area contributed by atoms with Crippen molar-refractivity contribution in [1.29, 1.82) is 0 Å². The van der Waals surface area contributed by atoms with Crippen molar-refractivity contribution < 1.29 is 18.7 Å². The van der Waals surface area contributed by atoms with Gasteiger partial charge in [-0.1, -0.05) is 66.8 Å². The van der Waals surface area contributed by atoms with Gasteiger partial charge < -0.3 is 10.1 Å². The first-order chi connectivity index (χ1) is 17.2. The number of hydrazone groups is 1. The molecule has 0 heterocycles. The molecule has 2 amide bonds. The summed E-state index contributed by atoms with van der Waals surface area (Å²) in [6.07, 6.45) is 1.37. The Morgan fingerprint density at radius 3 is 2.42 bits per heavy atom. The van der Waals surface area contributed by atoms with E-state index in [0.29, 0.717) is 26.4 Å². The van der Waals surface area contributed by atoms with Gasteiger partial charge in [-0.15, -0.1) is 0 Å². The molecule has 0 aliphatic rings. The zero-order valence-electron chi connectivity index (χ0n) is 19.4. The Balaban J connectivity index is 1.68. The van der Waals surface area contributed by atoms with Crippen LogP contribution in [0.5, 0.6) is 5.75 Å². The molecule has 3 rings (SSSR count). The summed E-state index contributed by atoms with van der Waals surface area (Å²) in [6, 6.07) is 14.6. The van der Waals surface area contributed by atoms with Crippen LogP contribution < -0.4 is 15.5 Å². The van der Waals surface area contributed by atoms with Crippen LogP contribution in [0.2, 0.25) is 15.1 Å². The number of hydrogen-bond donors (Lipinski definition) is 2. The summed E-state index contributed by atoms with van der Waals surface area (Å²) < 4.78 is 19.8. The van der Waals surface area contributed by atoms with Crippen LogP contribution in [0.25, 0.3) is 0 Å². The molecule has 188 valence electrons. The number of carbonyl (C=O) groups is 2. The van der Waals surface area contributed by atoms with Gasteiger partial charge in [-0.2, -0.15) is 5.10 Å². The van der Waals surface area contributed by atoms with E-state index < -0.39 is 23.7 Å². The number of rotatable bonds is 9. The van der Waals surface area contributed by atoms with E-state index in [9.17, 15) is 14.0 Å². The molecule has 36 heavy (non-hydrogen) atoms. The maximum Gasteiger partial charge on any atom is 0.262 e. The Hall–Kier alpha value is -3.13. The maximum absolute atomic E-state index is 13.9. The zero-order chi connectivity index (χ0) is 26.2. The largest absolute Gasteiger partial charge is 0.488 e. The molecule has 0 aliphatic heterocycles. The number of nitrogens with one attached hydrogen (secondary N) is 2. The average Bonchev–Trinajstić information content (AvgIpc) is 2.82. The summed E-state index contributed by atoms with van der Waals surface area (Å²) in [4.78, 5) is 25.2. The third kappa shape index (κ3) is 7.43. The summed E-state index contributed by atoms with van der Waals surface area (Å²) in [7, 11) is 0. The van der Waals surface area contributed by atoms with E-state index in [1.54, 1.807) is 50.2 Å². The van der Waals surface area contributed by atoms with Gasteiger partial charge in [0, 0.05) is 26.2 Å². The number of ether oxygens (including phenoxy) is 1. The lowest BCUT2D eigenvalue weighted by molar-refractivity contribution is -0.123. The van der Waals surface area contributed by atoms with Crippen molar-refractivity contribution in [2.75, 3.05) is 0 Å². The van der Waals surface area contributed by atoms with E-state index >= 15 is 0 Å². The van der Waals surface area contributed by atoms with Crippen molar-refractivity contribution in [1.82, 2.24) is 10.7 Å². The Morgan fingerprint density at radius 1 is 1.03 bits per heavy atom. The van der Waals surface area contributed by atoms with E-state index in [0.717, 1.165) is 5.56 Å². The van der Waals surface area contributed by atoms with Gasteiger partial charge in [0.2, 0.25) is 0 Å². The fourth-order valence-electron chi connectivity index (χ4n) is 3.18. The Morgan fingerprint density at radius 2 is 1.72 bits per heavy atom. The predicted molar refractivity (Wildman–Crippen MR) is 140 cm³/mol. The van der Waals surface area contributed by atoms with Crippen LogP contribution in [0.4, 0.5) is 4.39 Å². The third-order valence-electron chi connectivity index (χ3n) is 5.10. The second-order valence-electron chi connectivity index (χ2n) is 8.12. The molecule has 2 N–H and O–H groups in total. The molecular weight excluding hydrogens is 528 g/mol. The average molecular weight is 551 g/mol. The minimum atomic E-state index is -0.948. The van der Waals surface area contributed by atoms with Gasteiger partial charge in [0.25, 0.3) is 11.8 Å². The van der Waals surface area contributed by atoms with Crippen molar-refractivity contribution in [2.24, 2.45) is 11.0 Å². The van der Waals surface area contributed by atoms with Gasteiger partial charge in [0.05, 0.1) is 11.8 Å². The first kappa shape index (κ1) is 27.5. The van der Waals surface area contributed by atoms with Crippen molar-refractivity contribution in [2.45, 2.75) is 26.5 Å². The Bertz CT molecular complexity index is 1280. The van der Waals surface area contributed by atoms with Gasteiger partial charge in [0.15, 0.2) is 0 Å². The lowest BCUT2D eigenvalue weighted by atomic mass is 10.0. The molecule has 10 heteroatoms. The lowest BCUT2D eigenvalue weighted by Gasteiger charge is -2.20. The van der Waals surface area contributed by atoms with E-state index in [1.807, 2.05) is 0 Å². The summed E-state index contributed by atoms with van der Waals surface area (Å²) in [5.74, 6) is -1.77. The summed E-state index contributed by atoms with van der Waals surface area (Å²) in [6.45, 7) is 3.67. The van der Waals surface area contributed by atoms with Crippen LogP contribution in [0.1, 0.15) is 35.3 Å². The summed E-state index contributed by atoms with van der Waals surface area (Å²) >= 11 is 18.3. The molecule has 3 aromatic carbocycles. The van der Waals surface area contributed by atoms with Gasteiger partial charge in [-0.25, -0.2) is 9.82 Å². The highest BCUT2D eigenvalue weighted by Crippen LogP contribution is 2.25. The van der Waals surface area contributed by atoms with Crippen molar-refractivity contribution in [3.63, 3.8) is 0 Å². The van der Waals surface area contributed by atoms with Crippen LogP contribution in [-0.2, 0) is 11.4 Å². The maximum atomic E-state index is 13.9. The fraction of sp³-hybridized carbons (Fsp3) is 0.192. The van der Waals surface area contributed by atoms with Crippen LogP contribution in [0, 0.1) is 11.7 Å². The molecule has 1 atom stereocenters. The predicted octanol–water partition coefficient (Wildman–Crippen LogP) is 6.27. The summed E-state index contributed by atoms with van der Waals surface area (Å²) in [5, 5.41) is 7.98. The third-order valence-corrected chi connectivity index (χ3v) is 5.92. The molecule has 0 spiro atoms. The standard InChI is InChI=1S/C26H23Cl3FN3O3/c1-15(2)24(32-25(34)20-5-3-4-6-22(20)30)26(35)33-31-13-17-11-18(27)9-10-23(17)36-14-16-7-8-19(28)12-21(16)29/h3-13,15,24H,14H2,1-2H3,(H,32,34)(H,33,35). The van der Waals surface area contributed by atoms with Crippen LogP contribution in [-0.4, -0.2) is 24.1 Å². The normalized spacial score (nSPS) is 12.0. The SMILES string of the molecule is CC(C)C(NC(=O)c1ccccc1F)C(=O)NN=Cc1cc(Cl)ccc1OCc1ccc(Cl)cc1Cl.